The molecule has 5 nitrogen and oxygen atoms in total. The van der Waals surface area contributed by atoms with Crippen LogP contribution in [-0.4, -0.2) is 55.0 Å². The van der Waals surface area contributed by atoms with Gasteiger partial charge in [0.1, 0.15) is 17.4 Å². The number of likely N-dealkylation sites (tertiary alicyclic amines) is 2. The minimum absolute atomic E-state index is 0.00800. The summed E-state index contributed by atoms with van der Waals surface area (Å²) in [5, 5.41) is 3.22. The fourth-order valence-electron chi connectivity index (χ4n) is 5.99. The van der Waals surface area contributed by atoms with Gasteiger partial charge in [-0.1, -0.05) is 31.2 Å². The highest BCUT2D eigenvalue weighted by Crippen LogP contribution is 2.36. The summed E-state index contributed by atoms with van der Waals surface area (Å²) in [5.41, 5.74) is 2.08. The molecular weight excluding hydrogens is 472 g/mol. The third-order valence-electron chi connectivity index (χ3n) is 8.02. The quantitative estimate of drug-likeness (QED) is 0.424. The van der Waals surface area contributed by atoms with E-state index in [1.165, 1.54) is 18.2 Å². The van der Waals surface area contributed by atoms with E-state index in [4.69, 9.17) is 4.42 Å². The number of benzene rings is 2. The van der Waals surface area contributed by atoms with Crippen LogP contribution in [0.5, 0.6) is 0 Å². The number of hydrogen-bond acceptors (Lipinski definition) is 4. The molecule has 1 amide bonds. The number of furan rings is 1. The first-order valence-corrected chi connectivity index (χ1v) is 13.3. The fraction of sp³-hybridized carbons (Fsp3) is 0.433. The molecule has 2 unspecified atom stereocenters. The molecule has 2 aromatic carbocycles. The smallest absolute Gasteiger partial charge is 0.289 e. The van der Waals surface area contributed by atoms with E-state index in [0.29, 0.717) is 12.3 Å². The standard InChI is InChI=1S/C30H35F2N3O2/c1-3-27(33-2)28-11-12-29(37-28)30(36)35-18-23(20-7-9-24(31)10-8-20)16-26(35)19-34-14-13-22(17-34)21-5-4-6-25(32)15-21/h4-12,15,22-23,26-27,33H,3,13-14,16-19H2,1-2H3/t22?,23-,26-,27?/m0/s1. The Morgan fingerprint density at radius 1 is 1.03 bits per heavy atom. The van der Waals surface area contributed by atoms with Gasteiger partial charge in [0, 0.05) is 31.6 Å². The summed E-state index contributed by atoms with van der Waals surface area (Å²) in [6.45, 7) is 5.13. The maximum absolute atomic E-state index is 13.8. The van der Waals surface area contributed by atoms with Crippen molar-refractivity contribution in [1.29, 1.82) is 0 Å². The van der Waals surface area contributed by atoms with Crippen molar-refractivity contribution in [3.05, 3.63) is 94.9 Å². The van der Waals surface area contributed by atoms with E-state index in [0.717, 1.165) is 55.8 Å². The van der Waals surface area contributed by atoms with E-state index in [2.05, 4.69) is 17.1 Å². The number of nitrogens with zero attached hydrogens (tertiary/aromatic N) is 2. The van der Waals surface area contributed by atoms with E-state index in [1.807, 2.05) is 36.2 Å². The van der Waals surface area contributed by atoms with Crippen LogP contribution in [0.2, 0.25) is 0 Å². The number of nitrogens with one attached hydrogen (secondary N) is 1. The lowest BCUT2D eigenvalue weighted by Crippen LogP contribution is -2.42. The Morgan fingerprint density at radius 2 is 1.84 bits per heavy atom. The zero-order valence-corrected chi connectivity index (χ0v) is 21.5. The van der Waals surface area contributed by atoms with Gasteiger partial charge < -0.3 is 19.5 Å². The highest BCUT2D eigenvalue weighted by Gasteiger charge is 2.39. The largest absolute Gasteiger partial charge is 0.454 e. The Balaban J connectivity index is 1.33. The molecule has 7 heteroatoms. The zero-order chi connectivity index (χ0) is 25.9. The van der Waals surface area contributed by atoms with E-state index < -0.39 is 0 Å². The molecule has 2 saturated heterocycles. The molecule has 3 heterocycles. The first-order valence-electron chi connectivity index (χ1n) is 13.3. The van der Waals surface area contributed by atoms with Gasteiger partial charge in [-0.25, -0.2) is 8.78 Å². The molecule has 5 rings (SSSR count). The number of halogens is 2. The van der Waals surface area contributed by atoms with Crippen molar-refractivity contribution in [2.24, 2.45) is 0 Å². The predicted molar refractivity (Wildman–Crippen MR) is 140 cm³/mol. The number of carbonyl (C=O) groups excluding carboxylic acids is 1. The van der Waals surface area contributed by atoms with Gasteiger partial charge in [-0.2, -0.15) is 0 Å². The Hall–Kier alpha value is -3.03. The second kappa shape index (κ2) is 11.2. The van der Waals surface area contributed by atoms with Gasteiger partial charge in [0.25, 0.3) is 5.91 Å². The van der Waals surface area contributed by atoms with Crippen molar-refractivity contribution in [3.63, 3.8) is 0 Å². The summed E-state index contributed by atoms with van der Waals surface area (Å²) in [4.78, 5) is 18.0. The lowest BCUT2D eigenvalue weighted by molar-refractivity contribution is 0.0672. The molecule has 2 fully saturated rings. The number of carbonyl (C=O) groups is 1. The summed E-state index contributed by atoms with van der Waals surface area (Å²) in [6, 6.07) is 17.2. The van der Waals surface area contributed by atoms with Gasteiger partial charge in [-0.05, 0) is 86.3 Å². The Kier molecular flexibility index (Phi) is 7.72. The van der Waals surface area contributed by atoms with Crippen LogP contribution in [0.4, 0.5) is 8.78 Å². The molecule has 2 aliphatic heterocycles. The molecule has 1 aromatic heterocycles. The SMILES string of the molecule is CCC(NC)c1ccc(C(=O)N2C[C@@H](c3ccc(F)cc3)C[C@H]2CN2CCC(c3cccc(F)c3)C2)o1. The van der Waals surface area contributed by atoms with Crippen molar-refractivity contribution < 1.29 is 18.0 Å². The van der Waals surface area contributed by atoms with Crippen LogP contribution in [0.25, 0.3) is 0 Å². The van der Waals surface area contributed by atoms with Crippen LogP contribution < -0.4 is 5.32 Å². The summed E-state index contributed by atoms with van der Waals surface area (Å²) in [7, 11) is 1.88. The first-order chi connectivity index (χ1) is 17.9. The van der Waals surface area contributed by atoms with Crippen LogP contribution in [-0.2, 0) is 0 Å². The highest BCUT2D eigenvalue weighted by molar-refractivity contribution is 5.92. The Bertz CT molecular complexity index is 1210. The molecule has 2 aliphatic rings. The molecule has 37 heavy (non-hydrogen) atoms. The van der Waals surface area contributed by atoms with E-state index in [-0.39, 0.29) is 41.5 Å². The molecule has 196 valence electrons. The van der Waals surface area contributed by atoms with Gasteiger partial charge in [0.15, 0.2) is 5.76 Å². The Morgan fingerprint density at radius 3 is 2.57 bits per heavy atom. The monoisotopic (exact) mass is 507 g/mol. The van der Waals surface area contributed by atoms with Gasteiger partial charge in [0.05, 0.1) is 6.04 Å². The average Bonchev–Trinajstić information content (AvgIpc) is 3.66. The first kappa shape index (κ1) is 25.6. The zero-order valence-electron chi connectivity index (χ0n) is 21.5. The fourth-order valence-corrected chi connectivity index (χ4v) is 5.99. The lowest BCUT2D eigenvalue weighted by Gasteiger charge is -2.28. The van der Waals surface area contributed by atoms with Crippen molar-refractivity contribution in [2.75, 3.05) is 33.2 Å². The normalized spacial score (nSPS) is 23.0. The summed E-state index contributed by atoms with van der Waals surface area (Å²) >= 11 is 0. The number of rotatable bonds is 8. The number of hydrogen-bond donors (Lipinski definition) is 1. The summed E-state index contributed by atoms with van der Waals surface area (Å²) in [5.74, 6) is 0.967. The predicted octanol–water partition coefficient (Wildman–Crippen LogP) is 5.72. The van der Waals surface area contributed by atoms with Crippen LogP contribution in [0.3, 0.4) is 0 Å². The third-order valence-corrected chi connectivity index (χ3v) is 8.02. The van der Waals surface area contributed by atoms with Crippen LogP contribution in [0.1, 0.15) is 71.5 Å². The maximum Gasteiger partial charge on any atom is 0.289 e. The van der Waals surface area contributed by atoms with Gasteiger partial charge in [-0.15, -0.1) is 0 Å². The molecule has 1 N–H and O–H groups in total. The summed E-state index contributed by atoms with van der Waals surface area (Å²) < 4.78 is 33.4. The van der Waals surface area contributed by atoms with Crippen molar-refractivity contribution in [2.45, 2.75) is 50.1 Å². The van der Waals surface area contributed by atoms with E-state index in [9.17, 15) is 13.6 Å². The Labute approximate surface area is 217 Å². The second-order valence-electron chi connectivity index (χ2n) is 10.3. The highest BCUT2D eigenvalue weighted by atomic mass is 19.1. The van der Waals surface area contributed by atoms with Crippen LogP contribution >= 0.6 is 0 Å². The maximum atomic E-state index is 13.8. The molecule has 0 saturated carbocycles. The topological polar surface area (TPSA) is 48.7 Å². The van der Waals surface area contributed by atoms with Crippen molar-refractivity contribution in [3.8, 4) is 0 Å². The van der Waals surface area contributed by atoms with Gasteiger partial charge in [0.2, 0.25) is 0 Å². The molecule has 0 radical (unpaired) electrons. The lowest BCUT2D eigenvalue weighted by atomic mass is 9.96. The molecule has 4 atom stereocenters. The van der Waals surface area contributed by atoms with Crippen LogP contribution in [0.15, 0.2) is 65.1 Å². The van der Waals surface area contributed by atoms with Gasteiger partial charge in [-0.3, -0.25) is 4.79 Å². The molecular formula is C30H35F2N3O2. The molecule has 0 spiro atoms. The minimum atomic E-state index is -0.259. The van der Waals surface area contributed by atoms with Crippen LogP contribution in [0, 0.1) is 11.6 Å². The summed E-state index contributed by atoms with van der Waals surface area (Å²) in [6.07, 6.45) is 2.63. The van der Waals surface area contributed by atoms with E-state index in [1.54, 1.807) is 18.2 Å². The minimum Gasteiger partial charge on any atom is -0.454 e. The van der Waals surface area contributed by atoms with Gasteiger partial charge >= 0.3 is 0 Å². The van der Waals surface area contributed by atoms with E-state index >= 15 is 0 Å². The van der Waals surface area contributed by atoms with Crippen molar-refractivity contribution in [1.82, 2.24) is 15.1 Å². The third kappa shape index (κ3) is 5.63. The molecule has 0 bridgehead atoms. The number of amides is 1. The molecule has 0 aliphatic carbocycles. The second-order valence-corrected chi connectivity index (χ2v) is 10.3. The van der Waals surface area contributed by atoms with Crippen molar-refractivity contribution >= 4 is 5.91 Å². The molecule has 3 aromatic rings. The average molecular weight is 508 g/mol.